The molecule has 2 atom stereocenters. The van der Waals surface area contributed by atoms with Crippen LogP contribution < -0.4 is 5.32 Å². The van der Waals surface area contributed by atoms with E-state index in [1.807, 2.05) is 0 Å². The van der Waals surface area contributed by atoms with Crippen LogP contribution in [0.1, 0.15) is 61.3 Å². The zero-order valence-electron chi connectivity index (χ0n) is 21.3. The van der Waals surface area contributed by atoms with E-state index < -0.39 is 47.5 Å². The highest BCUT2D eigenvalue weighted by Gasteiger charge is 2.33. The average molecular weight is 569 g/mol. The number of carboxylic acids is 2. The molecule has 0 saturated carbocycles. The Hall–Kier alpha value is -3.12. The molecule has 2 aromatic carbocycles. The first kappa shape index (κ1) is 31.1. The molecule has 206 valence electrons. The maximum atomic E-state index is 14.1. The molecular weight excluding hydrogens is 538 g/mol. The highest BCUT2D eigenvalue weighted by atomic mass is 33.1. The maximum absolute atomic E-state index is 14.1. The number of carbonyl (C=O) groups excluding carboxylic acids is 2. The lowest BCUT2D eigenvalue weighted by Crippen LogP contribution is -2.42. The van der Waals surface area contributed by atoms with Crippen LogP contribution in [0.3, 0.4) is 0 Å². The van der Waals surface area contributed by atoms with Gasteiger partial charge >= 0.3 is 11.9 Å². The first-order chi connectivity index (χ1) is 17.8. The van der Waals surface area contributed by atoms with Gasteiger partial charge < -0.3 is 15.5 Å². The lowest BCUT2D eigenvalue weighted by molar-refractivity contribution is -0.141. The molecule has 0 aromatic heterocycles. The van der Waals surface area contributed by atoms with E-state index in [4.69, 9.17) is 0 Å². The first-order valence-electron chi connectivity index (χ1n) is 11.8. The molecule has 0 fully saturated rings. The van der Waals surface area contributed by atoms with Crippen LogP contribution >= 0.6 is 21.8 Å². The molecule has 0 radical (unpaired) electrons. The van der Waals surface area contributed by atoms with Crippen molar-refractivity contribution in [2.24, 2.45) is 11.8 Å². The summed E-state index contributed by atoms with van der Waals surface area (Å²) in [4.78, 5) is 50.2. The normalized spacial score (nSPS) is 12.7. The molecule has 12 heteroatoms. The van der Waals surface area contributed by atoms with Crippen LogP contribution in [0.25, 0.3) is 0 Å². The van der Waals surface area contributed by atoms with Crippen molar-refractivity contribution >= 4 is 45.5 Å². The van der Waals surface area contributed by atoms with Gasteiger partial charge in [0.25, 0.3) is 11.8 Å². The summed E-state index contributed by atoms with van der Waals surface area (Å²) in [6.45, 7) is 7.17. The second-order valence-electron chi connectivity index (χ2n) is 9.42. The third kappa shape index (κ3) is 9.02. The Morgan fingerprint density at radius 1 is 0.895 bits per heavy atom. The fourth-order valence-corrected chi connectivity index (χ4v) is 5.89. The van der Waals surface area contributed by atoms with Crippen molar-refractivity contribution in [3.8, 4) is 0 Å². The summed E-state index contributed by atoms with van der Waals surface area (Å²) in [7, 11) is 1.54. The van der Waals surface area contributed by atoms with Gasteiger partial charge in [0.15, 0.2) is 0 Å². The summed E-state index contributed by atoms with van der Waals surface area (Å²) < 4.78 is 28.9. The number of rotatable bonds is 13. The molecule has 8 nitrogen and oxygen atoms in total. The van der Waals surface area contributed by atoms with Crippen LogP contribution in [-0.2, 0) is 9.59 Å². The summed E-state index contributed by atoms with van der Waals surface area (Å²) in [5, 5.41) is 21.7. The van der Waals surface area contributed by atoms with Crippen molar-refractivity contribution in [3.05, 3.63) is 65.2 Å². The molecule has 0 saturated heterocycles. The summed E-state index contributed by atoms with van der Waals surface area (Å²) in [6.07, 6.45) is 0.245. The summed E-state index contributed by atoms with van der Waals surface area (Å²) >= 11 is 0. The quantitative estimate of drug-likeness (QED) is 0.214. The number of amides is 2. The lowest BCUT2D eigenvalue weighted by Gasteiger charge is -2.28. The maximum Gasteiger partial charge on any atom is 0.327 e. The van der Waals surface area contributed by atoms with Gasteiger partial charge in [-0.1, -0.05) is 33.8 Å². The molecule has 0 aliphatic rings. The molecule has 38 heavy (non-hydrogen) atoms. The fourth-order valence-electron chi connectivity index (χ4n) is 3.48. The van der Waals surface area contributed by atoms with E-state index in [-0.39, 0.29) is 40.7 Å². The number of halogens is 2. The number of carbonyl (C=O) groups is 4. The van der Waals surface area contributed by atoms with E-state index in [0.29, 0.717) is 11.0 Å². The van der Waals surface area contributed by atoms with Gasteiger partial charge in [0.05, 0.1) is 5.56 Å². The van der Waals surface area contributed by atoms with Crippen molar-refractivity contribution < 1.29 is 38.2 Å². The van der Waals surface area contributed by atoms with E-state index >= 15 is 0 Å². The number of hydrogen-bond donors (Lipinski definition) is 3. The molecule has 0 bridgehead atoms. The minimum atomic E-state index is -1.29. The van der Waals surface area contributed by atoms with E-state index in [9.17, 15) is 38.2 Å². The van der Waals surface area contributed by atoms with Crippen molar-refractivity contribution in [2.75, 3.05) is 0 Å². The molecule has 0 unspecified atom stereocenters. The molecule has 3 N–H and O–H groups in total. The van der Waals surface area contributed by atoms with Crippen molar-refractivity contribution in [1.29, 1.82) is 0 Å². The van der Waals surface area contributed by atoms with E-state index in [2.05, 4.69) is 5.32 Å². The largest absolute Gasteiger partial charge is 0.480 e. The molecule has 2 amide bonds. The Morgan fingerprint density at radius 3 is 2.08 bits per heavy atom. The van der Waals surface area contributed by atoms with Gasteiger partial charge in [-0.05, 0) is 71.9 Å². The molecule has 0 heterocycles. The second-order valence-corrected chi connectivity index (χ2v) is 11.5. The van der Waals surface area contributed by atoms with Crippen molar-refractivity contribution in [2.45, 2.75) is 57.5 Å². The number of aliphatic carboxylic acids is 2. The van der Waals surface area contributed by atoms with Gasteiger partial charge in [-0.25, -0.2) is 18.4 Å². The zero-order valence-corrected chi connectivity index (χ0v) is 22.9. The summed E-state index contributed by atoms with van der Waals surface area (Å²) in [5.41, 5.74) is -0.241. The van der Waals surface area contributed by atoms with Gasteiger partial charge in [0, 0.05) is 21.4 Å². The number of carboxylic acid groups (broad SMARTS) is 2. The van der Waals surface area contributed by atoms with Gasteiger partial charge in [-0.15, -0.1) is 0 Å². The van der Waals surface area contributed by atoms with Crippen LogP contribution in [0, 0.1) is 23.5 Å². The SMILES string of the molecule is CC(C)C[C@H](NC(=O)c1cc(F)ccc1SSN(C(=O)c1cccc(F)c1)[C@@H](CC(C)C)C(=O)O)C(=O)O. The number of benzene rings is 2. The highest BCUT2D eigenvalue weighted by molar-refractivity contribution is 8.76. The van der Waals surface area contributed by atoms with Gasteiger partial charge in [-0.2, -0.15) is 0 Å². The van der Waals surface area contributed by atoms with E-state index in [1.54, 1.807) is 27.7 Å². The van der Waals surface area contributed by atoms with Crippen LogP contribution in [0.2, 0.25) is 0 Å². The lowest BCUT2D eigenvalue weighted by atomic mass is 10.0. The number of hydrogen-bond acceptors (Lipinski definition) is 6. The summed E-state index contributed by atoms with van der Waals surface area (Å²) in [5.74, 6) is -5.66. The molecule has 0 aliphatic carbocycles. The Balaban J connectivity index is 2.40. The number of nitrogens with zero attached hydrogens (tertiary/aromatic N) is 1. The van der Waals surface area contributed by atoms with Gasteiger partial charge in [0.1, 0.15) is 23.7 Å². The Bertz CT molecular complexity index is 1180. The average Bonchev–Trinajstić information content (AvgIpc) is 2.82. The zero-order chi connectivity index (χ0) is 28.6. The van der Waals surface area contributed by atoms with Crippen molar-refractivity contribution in [3.63, 3.8) is 0 Å². The predicted octanol–water partition coefficient (Wildman–Crippen LogP) is 5.49. The third-order valence-corrected chi connectivity index (χ3v) is 7.67. The fraction of sp³-hybridized carbons (Fsp3) is 0.385. The molecule has 0 aliphatic heterocycles. The topological polar surface area (TPSA) is 124 Å². The number of nitrogens with one attached hydrogen (secondary N) is 1. The molecule has 2 aromatic rings. The highest BCUT2D eigenvalue weighted by Crippen LogP contribution is 2.39. The molecule has 2 rings (SSSR count). The standard InChI is InChI=1S/C26H30F2N2O6S2/c1-14(2)10-20(25(33)34)29-23(31)19-13-18(28)8-9-22(19)37-38-30(21(26(35)36)11-15(3)4)24(32)16-6-5-7-17(27)12-16/h5-9,12-15,20-21H,10-11H2,1-4H3,(H,29,31)(H,33,34)(H,35,36)/t20-,21-/m0/s1. The molecular formula is C26H30F2N2O6S2. The monoisotopic (exact) mass is 568 g/mol. The minimum Gasteiger partial charge on any atom is -0.480 e. The van der Waals surface area contributed by atoms with Crippen LogP contribution in [0.4, 0.5) is 8.78 Å². The van der Waals surface area contributed by atoms with E-state index in [1.165, 1.54) is 18.2 Å². The Morgan fingerprint density at radius 2 is 1.53 bits per heavy atom. The summed E-state index contributed by atoms with van der Waals surface area (Å²) in [6, 6.07) is 5.64. The molecule has 0 spiro atoms. The van der Waals surface area contributed by atoms with Crippen LogP contribution in [0.5, 0.6) is 0 Å². The van der Waals surface area contributed by atoms with E-state index in [0.717, 1.165) is 39.4 Å². The third-order valence-electron chi connectivity index (χ3n) is 5.24. The van der Waals surface area contributed by atoms with Crippen LogP contribution in [0.15, 0.2) is 47.4 Å². The smallest absolute Gasteiger partial charge is 0.327 e. The Labute approximate surface area is 227 Å². The Kier molecular flexibility index (Phi) is 11.6. The van der Waals surface area contributed by atoms with Crippen molar-refractivity contribution in [1.82, 2.24) is 9.62 Å². The second kappa shape index (κ2) is 14.1. The van der Waals surface area contributed by atoms with Gasteiger partial charge in [-0.3, -0.25) is 13.9 Å². The van der Waals surface area contributed by atoms with Gasteiger partial charge in [0.2, 0.25) is 0 Å². The first-order valence-corrected chi connectivity index (χ1v) is 13.9. The van der Waals surface area contributed by atoms with Crippen LogP contribution in [-0.4, -0.2) is 50.4 Å². The predicted molar refractivity (Wildman–Crippen MR) is 142 cm³/mol. The minimum absolute atomic E-state index is 0.0374.